The summed E-state index contributed by atoms with van der Waals surface area (Å²) in [7, 11) is 0. The van der Waals surface area contributed by atoms with Gasteiger partial charge in [0.15, 0.2) is 5.78 Å². The molecule has 1 unspecified atom stereocenters. The molecule has 0 saturated carbocycles. The molecule has 2 aromatic carbocycles. The second-order valence-electron chi connectivity index (χ2n) is 7.24. The number of aromatic amines is 1. The highest BCUT2D eigenvalue weighted by Crippen LogP contribution is 2.30. The van der Waals surface area contributed by atoms with Crippen molar-refractivity contribution in [2.45, 2.75) is 32.1 Å². The molecule has 138 valence electrons. The lowest BCUT2D eigenvalue weighted by Crippen LogP contribution is -2.24. The summed E-state index contributed by atoms with van der Waals surface area (Å²) in [5.41, 5.74) is 5.66. The maximum Gasteiger partial charge on any atom is 0.158 e. The van der Waals surface area contributed by atoms with Crippen LogP contribution in [-0.2, 0) is 11.2 Å². The van der Waals surface area contributed by atoms with Gasteiger partial charge in [0.25, 0.3) is 0 Å². The Hall–Kier alpha value is -2.88. The largest absolute Gasteiger partial charge is 0.388 e. The molecule has 4 heteroatoms. The zero-order chi connectivity index (χ0) is 18.8. The monoisotopic (exact) mass is 362 g/mol. The number of halogens is 1. The van der Waals surface area contributed by atoms with Crippen LogP contribution < -0.4 is 5.32 Å². The number of ketones is 1. The molecule has 1 atom stereocenters. The predicted molar refractivity (Wildman–Crippen MR) is 106 cm³/mol. The fourth-order valence-electron chi connectivity index (χ4n) is 3.99. The fourth-order valence-corrected chi connectivity index (χ4v) is 3.99. The Labute approximate surface area is 158 Å². The first-order valence-electron chi connectivity index (χ1n) is 9.39. The summed E-state index contributed by atoms with van der Waals surface area (Å²) in [4.78, 5) is 15.6. The fraction of sp³-hybridized carbons (Fsp3) is 0.261. The zero-order valence-electron chi connectivity index (χ0n) is 15.4. The molecule has 0 spiro atoms. The molecule has 1 aliphatic rings. The van der Waals surface area contributed by atoms with Gasteiger partial charge in [-0.1, -0.05) is 30.3 Å². The predicted octanol–water partition coefficient (Wildman–Crippen LogP) is 4.78. The van der Waals surface area contributed by atoms with Crippen LogP contribution in [0.4, 0.5) is 4.39 Å². The minimum Gasteiger partial charge on any atom is -0.388 e. The summed E-state index contributed by atoms with van der Waals surface area (Å²) in [6.07, 6.45) is 3.88. The lowest BCUT2D eigenvalue weighted by atomic mass is 9.85. The number of carbonyl (C=O) groups is 1. The van der Waals surface area contributed by atoms with Gasteiger partial charge in [-0.25, -0.2) is 4.39 Å². The lowest BCUT2D eigenvalue weighted by molar-refractivity contribution is -0.115. The number of allylic oxidation sites excluding steroid dienone is 2. The first-order chi connectivity index (χ1) is 13.1. The van der Waals surface area contributed by atoms with Crippen LogP contribution in [0.3, 0.4) is 0 Å². The third-order valence-electron chi connectivity index (χ3n) is 5.34. The Balaban J connectivity index is 1.42. The van der Waals surface area contributed by atoms with Crippen LogP contribution in [0.25, 0.3) is 10.9 Å². The van der Waals surface area contributed by atoms with Crippen molar-refractivity contribution in [3.8, 4) is 0 Å². The van der Waals surface area contributed by atoms with Gasteiger partial charge in [-0.05, 0) is 55.0 Å². The smallest absolute Gasteiger partial charge is 0.158 e. The van der Waals surface area contributed by atoms with Crippen molar-refractivity contribution in [3.63, 3.8) is 0 Å². The van der Waals surface area contributed by atoms with E-state index < -0.39 is 0 Å². The summed E-state index contributed by atoms with van der Waals surface area (Å²) >= 11 is 0. The van der Waals surface area contributed by atoms with E-state index in [1.54, 1.807) is 18.2 Å². The van der Waals surface area contributed by atoms with Crippen LogP contribution in [0, 0.1) is 12.7 Å². The molecule has 0 aliphatic heterocycles. The van der Waals surface area contributed by atoms with E-state index in [1.165, 1.54) is 28.8 Å². The van der Waals surface area contributed by atoms with Crippen LogP contribution in [0.1, 0.15) is 35.6 Å². The maximum absolute atomic E-state index is 13.2. The highest BCUT2D eigenvalue weighted by molar-refractivity contribution is 5.92. The van der Waals surface area contributed by atoms with E-state index in [4.69, 9.17) is 0 Å². The number of para-hydroxylation sites is 1. The van der Waals surface area contributed by atoms with Crippen LogP contribution in [-0.4, -0.2) is 17.3 Å². The van der Waals surface area contributed by atoms with E-state index in [-0.39, 0.29) is 17.5 Å². The molecular formula is C23H23FN2O. The molecule has 3 nitrogen and oxygen atoms in total. The van der Waals surface area contributed by atoms with Crippen molar-refractivity contribution >= 4 is 16.7 Å². The number of benzene rings is 2. The third kappa shape index (κ3) is 3.80. The van der Waals surface area contributed by atoms with Crippen LogP contribution in [0.15, 0.2) is 60.3 Å². The number of aryl methyl sites for hydroxylation is 1. The van der Waals surface area contributed by atoms with Crippen LogP contribution >= 0.6 is 0 Å². The van der Waals surface area contributed by atoms with Gasteiger partial charge in [-0.2, -0.15) is 0 Å². The van der Waals surface area contributed by atoms with E-state index in [1.807, 2.05) is 6.07 Å². The third-order valence-corrected chi connectivity index (χ3v) is 5.34. The molecule has 0 amide bonds. The Morgan fingerprint density at radius 1 is 1.11 bits per heavy atom. The number of hydrogen-bond acceptors (Lipinski definition) is 2. The number of nitrogens with one attached hydrogen (secondary N) is 2. The van der Waals surface area contributed by atoms with E-state index in [0.717, 1.165) is 36.2 Å². The van der Waals surface area contributed by atoms with Crippen molar-refractivity contribution < 1.29 is 9.18 Å². The van der Waals surface area contributed by atoms with Crippen molar-refractivity contribution in [3.05, 3.63) is 82.9 Å². The van der Waals surface area contributed by atoms with Gasteiger partial charge in [0.05, 0.1) is 0 Å². The molecule has 0 saturated heterocycles. The summed E-state index contributed by atoms with van der Waals surface area (Å²) in [6, 6.07) is 14.8. The number of carbonyl (C=O) groups excluding carboxylic acids is 1. The Morgan fingerprint density at radius 2 is 1.89 bits per heavy atom. The van der Waals surface area contributed by atoms with Crippen LogP contribution in [0.5, 0.6) is 0 Å². The minimum absolute atomic E-state index is 0.112. The number of aromatic nitrogens is 1. The maximum atomic E-state index is 13.2. The molecule has 1 aromatic heterocycles. The summed E-state index contributed by atoms with van der Waals surface area (Å²) in [6.45, 7) is 2.88. The molecule has 4 rings (SSSR count). The number of H-pyrrole nitrogens is 1. The zero-order valence-corrected chi connectivity index (χ0v) is 15.4. The van der Waals surface area contributed by atoms with Gasteiger partial charge in [0, 0.05) is 41.3 Å². The lowest BCUT2D eigenvalue weighted by Gasteiger charge is -2.23. The Morgan fingerprint density at radius 3 is 2.70 bits per heavy atom. The molecule has 0 radical (unpaired) electrons. The number of fused-ring (bicyclic) bond motifs is 1. The molecule has 27 heavy (non-hydrogen) atoms. The van der Waals surface area contributed by atoms with E-state index in [0.29, 0.717) is 6.42 Å². The normalized spacial score (nSPS) is 17.2. The first-order valence-corrected chi connectivity index (χ1v) is 9.39. The van der Waals surface area contributed by atoms with Gasteiger partial charge in [0.1, 0.15) is 5.82 Å². The topological polar surface area (TPSA) is 44.9 Å². The summed E-state index contributed by atoms with van der Waals surface area (Å²) in [5.74, 6) is -0.00866. The van der Waals surface area contributed by atoms with Crippen molar-refractivity contribution in [1.29, 1.82) is 0 Å². The van der Waals surface area contributed by atoms with E-state index >= 15 is 0 Å². The standard InChI is InChI=1S/C23H23FN2O/c1-15-21(22-4-2-3-5-23(22)26-15)10-11-25-19-12-17(13-20(27)14-19)16-6-8-18(24)9-7-16/h2-9,14,17,25-26H,10-13H2,1H3. The Bertz CT molecular complexity index is 1000. The van der Waals surface area contributed by atoms with Crippen LogP contribution in [0.2, 0.25) is 0 Å². The second kappa shape index (κ2) is 7.39. The summed E-state index contributed by atoms with van der Waals surface area (Å²) in [5, 5.41) is 4.70. The average Bonchev–Trinajstić information content (AvgIpc) is 2.97. The van der Waals surface area contributed by atoms with E-state index in [2.05, 4.69) is 35.4 Å². The average molecular weight is 362 g/mol. The van der Waals surface area contributed by atoms with Crippen molar-refractivity contribution in [2.75, 3.05) is 6.54 Å². The molecule has 2 N–H and O–H groups in total. The quantitative estimate of drug-likeness (QED) is 0.686. The number of rotatable bonds is 5. The highest BCUT2D eigenvalue weighted by Gasteiger charge is 2.22. The molecule has 1 aliphatic carbocycles. The highest BCUT2D eigenvalue weighted by atomic mass is 19.1. The number of hydrogen-bond donors (Lipinski definition) is 2. The molecular weight excluding hydrogens is 339 g/mol. The van der Waals surface area contributed by atoms with Gasteiger partial charge in [0.2, 0.25) is 0 Å². The minimum atomic E-state index is -0.246. The van der Waals surface area contributed by atoms with Gasteiger partial charge < -0.3 is 10.3 Å². The van der Waals surface area contributed by atoms with E-state index in [9.17, 15) is 9.18 Å². The van der Waals surface area contributed by atoms with Gasteiger partial charge in [-0.15, -0.1) is 0 Å². The van der Waals surface area contributed by atoms with Crippen molar-refractivity contribution in [1.82, 2.24) is 10.3 Å². The van der Waals surface area contributed by atoms with Gasteiger partial charge >= 0.3 is 0 Å². The second-order valence-corrected chi connectivity index (χ2v) is 7.24. The molecule has 3 aromatic rings. The van der Waals surface area contributed by atoms with Crippen molar-refractivity contribution in [2.24, 2.45) is 0 Å². The summed E-state index contributed by atoms with van der Waals surface area (Å²) < 4.78 is 13.2. The first kappa shape index (κ1) is 17.5. The SMILES string of the molecule is Cc1[nH]c2ccccc2c1CCNC1=CC(=O)CC(c2ccc(F)cc2)C1. The molecule has 1 heterocycles. The Kier molecular flexibility index (Phi) is 4.80. The molecule has 0 fully saturated rings. The molecule has 0 bridgehead atoms. The van der Waals surface area contributed by atoms with Gasteiger partial charge in [-0.3, -0.25) is 4.79 Å².